The van der Waals surface area contributed by atoms with Crippen LogP contribution < -0.4 is 11.1 Å². The van der Waals surface area contributed by atoms with Crippen molar-refractivity contribution in [1.82, 2.24) is 4.90 Å². The molecule has 0 radical (unpaired) electrons. The fourth-order valence-corrected chi connectivity index (χ4v) is 2.73. The molecule has 25 heavy (non-hydrogen) atoms. The maximum atomic E-state index is 12.0. The average Bonchev–Trinajstić information content (AvgIpc) is 3.43. The van der Waals surface area contributed by atoms with Gasteiger partial charge in [-0.1, -0.05) is 26.0 Å². The van der Waals surface area contributed by atoms with Gasteiger partial charge in [-0.3, -0.25) is 9.69 Å². The molecule has 6 nitrogen and oxygen atoms in total. The van der Waals surface area contributed by atoms with Crippen molar-refractivity contribution in [1.29, 1.82) is 5.41 Å². The zero-order valence-electron chi connectivity index (χ0n) is 15.6. The molecular formula is C19H29N5O. The van der Waals surface area contributed by atoms with Crippen molar-refractivity contribution in [3.8, 4) is 0 Å². The summed E-state index contributed by atoms with van der Waals surface area (Å²) < 4.78 is 0. The Hall–Kier alpha value is -2.37. The molecule has 1 aromatic carbocycles. The number of rotatable bonds is 5. The molecule has 1 fully saturated rings. The highest BCUT2D eigenvalue weighted by Gasteiger charge is 2.26. The molecule has 1 aliphatic heterocycles. The summed E-state index contributed by atoms with van der Waals surface area (Å²) in [5.41, 5.74) is 9.15. The Morgan fingerprint density at radius 3 is 2.64 bits per heavy atom. The van der Waals surface area contributed by atoms with Gasteiger partial charge in [0.1, 0.15) is 0 Å². The molecule has 0 spiro atoms. The van der Waals surface area contributed by atoms with Crippen LogP contribution in [0, 0.1) is 11.3 Å². The highest BCUT2D eigenvalue weighted by atomic mass is 16.2. The zero-order chi connectivity index (χ0) is 18.6. The van der Waals surface area contributed by atoms with Gasteiger partial charge in [-0.15, -0.1) is 0 Å². The number of amides is 1. The average molecular weight is 343 g/mol. The summed E-state index contributed by atoms with van der Waals surface area (Å²) >= 11 is 0. The van der Waals surface area contributed by atoms with E-state index in [1.54, 1.807) is 14.0 Å². The van der Waals surface area contributed by atoms with Crippen LogP contribution in [0.3, 0.4) is 0 Å². The number of nitrogens with one attached hydrogen (secondary N) is 2. The molecule has 0 saturated heterocycles. The Morgan fingerprint density at radius 2 is 2.08 bits per heavy atom. The van der Waals surface area contributed by atoms with E-state index in [0.717, 1.165) is 29.3 Å². The molecule has 1 heterocycles. The van der Waals surface area contributed by atoms with E-state index in [-0.39, 0.29) is 17.9 Å². The van der Waals surface area contributed by atoms with Crippen LogP contribution in [0.25, 0.3) is 0 Å². The van der Waals surface area contributed by atoms with Crippen molar-refractivity contribution in [2.24, 2.45) is 16.6 Å². The summed E-state index contributed by atoms with van der Waals surface area (Å²) in [5, 5.41) is 11.4. The molecule has 136 valence electrons. The van der Waals surface area contributed by atoms with Crippen LogP contribution in [0.15, 0.2) is 23.2 Å². The molecule has 0 aromatic heterocycles. The normalized spacial score (nSPS) is 19.7. The highest BCUT2D eigenvalue weighted by molar-refractivity contribution is 6.01. The van der Waals surface area contributed by atoms with Gasteiger partial charge in [0.05, 0.1) is 12.5 Å². The number of nitrogens with zero attached hydrogens (tertiary/aromatic N) is 2. The molecule has 4 N–H and O–H groups in total. The maximum Gasteiger partial charge on any atom is 0.231 e. The standard InChI is InChI=1S/C17H23N5O.C2H6/c1-10(18)13-6-5-12(7-15(13)20-9-11-3-4-11)14-8-16(23)22(2)17(19)21-14;1-2/h5-7,11,14,18,20H,3-4,8-9H2,1-2H3,(H2,19,21);1-2H3. The first-order valence-electron chi connectivity index (χ1n) is 8.99. The lowest BCUT2D eigenvalue weighted by Gasteiger charge is -2.26. The summed E-state index contributed by atoms with van der Waals surface area (Å²) in [6.07, 6.45) is 2.87. The van der Waals surface area contributed by atoms with Crippen LogP contribution >= 0.6 is 0 Å². The third-order valence-electron chi connectivity index (χ3n) is 4.48. The van der Waals surface area contributed by atoms with Gasteiger partial charge < -0.3 is 16.5 Å². The van der Waals surface area contributed by atoms with E-state index in [1.165, 1.54) is 17.7 Å². The van der Waals surface area contributed by atoms with Gasteiger partial charge in [0.15, 0.2) is 5.96 Å². The zero-order valence-corrected chi connectivity index (χ0v) is 15.6. The van der Waals surface area contributed by atoms with Gasteiger partial charge in [0.25, 0.3) is 0 Å². The number of nitrogens with two attached hydrogens (primary N) is 1. The third kappa shape index (κ3) is 4.59. The second-order valence-electron chi connectivity index (χ2n) is 6.41. The maximum absolute atomic E-state index is 12.0. The van der Waals surface area contributed by atoms with Crippen LogP contribution in [-0.4, -0.2) is 36.1 Å². The number of carbonyl (C=O) groups is 1. The molecule has 6 heteroatoms. The second-order valence-corrected chi connectivity index (χ2v) is 6.41. The molecule has 1 unspecified atom stereocenters. The SMILES string of the molecule is CC.CC(=N)c1ccc(C2CC(=O)N(C)C(N)=N2)cc1NCC1CC1. The second kappa shape index (κ2) is 8.14. The van der Waals surface area contributed by atoms with Gasteiger partial charge in [-0.05, 0) is 37.3 Å². The Balaban J connectivity index is 0.00000109. The molecule has 1 amide bonds. The summed E-state index contributed by atoms with van der Waals surface area (Å²) in [7, 11) is 1.64. The van der Waals surface area contributed by atoms with E-state index >= 15 is 0 Å². The number of benzene rings is 1. The molecule has 3 rings (SSSR count). The minimum Gasteiger partial charge on any atom is -0.384 e. The van der Waals surface area contributed by atoms with E-state index in [4.69, 9.17) is 11.1 Å². The first kappa shape index (κ1) is 19.0. The van der Waals surface area contributed by atoms with Crippen molar-refractivity contribution >= 4 is 23.3 Å². The summed E-state index contributed by atoms with van der Waals surface area (Å²) in [6, 6.07) is 5.63. The smallest absolute Gasteiger partial charge is 0.231 e. The topological polar surface area (TPSA) is 94.6 Å². The van der Waals surface area contributed by atoms with E-state index in [0.29, 0.717) is 12.1 Å². The molecule has 0 bridgehead atoms. The van der Waals surface area contributed by atoms with E-state index in [2.05, 4.69) is 10.3 Å². The van der Waals surface area contributed by atoms with Gasteiger partial charge in [0, 0.05) is 30.6 Å². The number of hydrogen-bond acceptors (Lipinski definition) is 5. The van der Waals surface area contributed by atoms with Crippen molar-refractivity contribution < 1.29 is 4.79 Å². The van der Waals surface area contributed by atoms with Crippen LogP contribution in [0.2, 0.25) is 0 Å². The largest absolute Gasteiger partial charge is 0.384 e. The van der Waals surface area contributed by atoms with Crippen molar-refractivity contribution in [2.75, 3.05) is 18.9 Å². The first-order valence-corrected chi connectivity index (χ1v) is 8.99. The van der Waals surface area contributed by atoms with Crippen LogP contribution in [0.1, 0.15) is 57.2 Å². The summed E-state index contributed by atoms with van der Waals surface area (Å²) in [5.74, 6) is 0.976. The molecule has 2 aliphatic rings. The number of guanidine groups is 1. The molecule has 1 atom stereocenters. The van der Waals surface area contributed by atoms with E-state index < -0.39 is 0 Å². The minimum absolute atomic E-state index is 0.0256. The summed E-state index contributed by atoms with van der Waals surface area (Å²) in [6.45, 7) is 6.72. The molecule has 1 saturated carbocycles. The monoisotopic (exact) mass is 343 g/mol. The number of aliphatic imine (C=N–C) groups is 1. The predicted octanol–water partition coefficient (Wildman–Crippen LogP) is 3.14. The van der Waals surface area contributed by atoms with Gasteiger partial charge in [-0.25, -0.2) is 4.99 Å². The van der Waals surface area contributed by atoms with Gasteiger partial charge >= 0.3 is 0 Å². The lowest BCUT2D eigenvalue weighted by Crippen LogP contribution is -2.42. The van der Waals surface area contributed by atoms with Crippen LogP contribution in [0.4, 0.5) is 5.69 Å². The van der Waals surface area contributed by atoms with Crippen molar-refractivity contribution in [3.05, 3.63) is 29.3 Å². The van der Waals surface area contributed by atoms with Gasteiger partial charge in [-0.2, -0.15) is 0 Å². The third-order valence-corrected chi connectivity index (χ3v) is 4.48. The fraction of sp³-hybridized carbons (Fsp3) is 0.526. The first-order chi connectivity index (χ1) is 12.0. The van der Waals surface area contributed by atoms with E-state index in [1.807, 2.05) is 32.0 Å². The van der Waals surface area contributed by atoms with Gasteiger partial charge in [0.2, 0.25) is 5.91 Å². The molecule has 1 aromatic rings. The Morgan fingerprint density at radius 1 is 1.40 bits per heavy atom. The predicted molar refractivity (Wildman–Crippen MR) is 103 cm³/mol. The van der Waals surface area contributed by atoms with Crippen molar-refractivity contribution in [3.63, 3.8) is 0 Å². The highest BCUT2D eigenvalue weighted by Crippen LogP contribution is 2.32. The Bertz CT molecular complexity index is 678. The lowest BCUT2D eigenvalue weighted by molar-refractivity contribution is -0.127. The molecule has 1 aliphatic carbocycles. The summed E-state index contributed by atoms with van der Waals surface area (Å²) in [4.78, 5) is 17.8. The fourth-order valence-electron chi connectivity index (χ4n) is 2.73. The quantitative estimate of drug-likeness (QED) is 0.717. The van der Waals surface area contributed by atoms with Crippen molar-refractivity contribution in [2.45, 2.75) is 46.1 Å². The number of hydrogen-bond donors (Lipinski definition) is 3. The van der Waals surface area contributed by atoms with E-state index in [9.17, 15) is 4.79 Å². The number of carbonyl (C=O) groups excluding carboxylic acids is 1. The lowest BCUT2D eigenvalue weighted by atomic mass is 9.98. The molecular weight excluding hydrogens is 314 g/mol. The number of anilines is 1. The Kier molecular flexibility index (Phi) is 6.17. The Labute approximate surface area is 150 Å². The van der Waals surface area contributed by atoms with Crippen LogP contribution in [0.5, 0.6) is 0 Å². The minimum atomic E-state index is -0.250. The van der Waals surface area contributed by atoms with Crippen LogP contribution in [-0.2, 0) is 4.79 Å².